The van der Waals surface area contributed by atoms with E-state index in [0.29, 0.717) is 44.9 Å². The molecular weight excluding hydrogens is 627 g/mol. The lowest BCUT2D eigenvalue weighted by atomic mass is 9.95. The van der Waals surface area contributed by atoms with Gasteiger partial charge in [-0.2, -0.15) is 0 Å². The molecule has 3 aromatic carbocycles. The second kappa shape index (κ2) is 15.3. The molecule has 0 fully saturated rings. The van der Waals surface area contributed by atoms with Gasteiger partial charge in [-0.05, 0) is 49.9 Å². The van der Waals surface area contributed by atoms with Crippen LogP contribution in [0.15, 0.2) is 103 Å². The molecule has 0 aliphatic carbocycles. The number of para-hydroxylation sites is 1. The summed E-state index contributed by atoms with van der Waals surface area (Å²) >= 11 is 0. The molecule has 5 rings (SSSR count). The Morgan fingerprint density at radius 1 is 0.935 bits per heavy atom. The molecule has 0 radical (unpaired) electrons. The van der Waals surface area contributed by atoms with E-state index in [9.17, 15) is 14.4 Å². The van der Waals surface area contributed by atoms with Crippen molar-refractivity contribution in [1.29, 1.82) is 0 Å². The molecule has 0 saturated carbocycles. The predicted octanol–water partition coefficient (Wildman–Crippen LogP) is 5.41. The van der Waals surface area contributed by atoms with Crippen LogP contribution in [0.2, 0.25) is 0 Å². The van der Waals surface area contributed by atoms with E-state index in [1.54, 1.807) is 81.9 Å². The van der Waals surface area contributed by atoms with Gasteiger partial charge in [0.1, 0.15) is 0 Å². The SMILES string of the molecule is CNC(Oc1c(C)nc2ccccc2c1-c1cccc(C(=O)N(C)c2cccnc2)c1)(C(=O)CNC(N)=O)c1ccccc1.Cl.Cl. The number of nitrogens with two attached hydrogens (primary N) is 1. The van der Waals surface area contributed by atoms with Gasteiger partial charge < -0.3 is 20.7 Å². The highest BCUT2D eigenvalue weighted by atomic mass is 35.5. The first-order valence-corrected chi connectivity index (χ1v) is 13.9. The van der Waals surface area contributed by atoms with Crippen LogP contribution in [0, 0.1) is 6.92 Å². The summed E-state index contributed by atoms with van der Waals surface area (Å²) in [5, 5.41) is 6.21. The van der Waals surface area contributed by atoms with Gasteiger partial charge in [0.25, 0.3) is 5.91 Å². The zero-order chi connectivity index (χ0) is 31.3. The van der Waals surface area contributed by atoms with Crippen molar-refractivity contribution in [3.8, 4) is 16.9 Å². The van der Waals surface area contributed by atoms with E-state index >= 15 is 0 Å². The van der Waals surface area contributed by atoms with Crippen molar-refractivity contribution in [2.75, 3.05) is 25.5 Å². The second-order valence-corrected chi connectivity index (χ2v) is 10.1. The molecule has 238 valence electrons. The fourth-order valence-corrected chi connectivity index (χ4v) is 5.13. The lowest BCUT2D eigenvalue weighted by Crippen LogP contribution is -2.56. The molecule has 3 amide bonds. The van der Waals surface area contributed by atoms with E-state index in [-0.39, 0.29) is 37.3 Å². The number of aryl methyl sites for hydroxylation is 1. The summed E-state index contributed by atoms with van der Waals surface area (Å²) in [7, 11) is 3.30. The predicted molar refractivity (Wildman–Crippen MR) is 184 cm³/mol. The molecule has 0 aliphatic rings. The fraction of sp³-hybridized carbons (Fsp3) is 0.147. The van der Waals surface area contributed by atoms with Gasteiger partial charge >= 0.3 is 6.03 Å². The van der Waals surface area contributed by atoms with Crippen LogP contribution in [0.25, 0.3) is 22.0 Å². The number of benzene rings is 3. The van der Waals surface area contributed by atoms with Crippen molar-refractivity contribution in [3.05, 3.63) is 120 Å². The first kappa shape index (κ1) is 35.4. The average molecular weight is 662 g/mol. The normalized spacial score (nSPS) is 11.7. The molecule has 5 aromatic rings. The van der Waals surface area contributed by atoms with Crippen molar-refractivity contribution in [3.63, 3.8) is 0 Å². The summed E-state index contributed by atoms with van der Waals surface area (Å²) in [4.78, 5) is 49.4. The Hall–Kier alpha value is -5.03. The Kier molecular flexibility index (Phi) is 11.8. The van der Waals surface area contributed by atoms with E-state index in [0.717, 1.165) is 5.39 Å². The number of fused-ring (bicyclic) bond motifs is 1. The van der Waals surface area contributed by atoms with Crippen molar-refractivity contribution in [2.45, 2.75) is 12.6 Å². The molecule has 10 nitrogen and oxygen atoms in total. The Labute approximate surface area is 279 Å². The number of rotatable bonds is 10. The Balaban J connectivity index is 0.00000288. The molecular formula is C34H34Cl2N6O4. The highest BCUT2D eigenvalue weighted by Crippen LogP contribution is 2.42. The van der Waals surface area contributed by atoms with Gasteiger partial charge in [0.2, 0.25) is 11.5 Å². The number of likely N-dealkylation sites (N-methyl/N-ethyl adjacent to an activating group) is 1. The maximum Gasteiger partial charge on any atom is 0.312 e. The van der Waals surface area contributed by atoms with Crippen LogP contribution >= 0.6 is 24.8 Å². The van der Waals surface area contributed by atoms with Crippen molar-refractivity contribution in [1.82, 2.24) is 20.6 Å². The largest absolute Gasteiger partial charge is 0.458 e. The number of nitrogens with zero attached hydrogens (tertiary/aromatic N) is 3. The number of anilines is 1. The first-order chi connectivity index (χ1) is 21.2. The van der Waals surface area contributed by atoms with Crippen LogP contribution in [0.1, 0.15) is 21.6 Å². The van der Waals surface area contributed by atoms with Gasteiger partial charge in [-0.1, -0.05) is 60.7 Å². The summed E-state index contributed by atoms with van der Waals surface area (Å²) in [6.45, 7) is 1.42. The number of primary amides is 1. The number of Topliss-reactive ketones (excluding diaryl/α,β-unsaturated/α-hetero) is 1. The summed E-state index contributed by atoms with van der Waals surface area (Å²) in [5.74, 6) is -0.371. The molecule has 0 saturated heterocycles. The minimum absolute atomic E-state index is 0. The zero-order valence-electron chi connectivity index (χ0n) is 25.4. The van der Waals surface area contributed by atoms with E-state index < -0.39 is 17.5 Å². The number of aromatic nitrogens is 2. The highest BCUT2D eigenvalue weighted by molar-refractivity contribution is 6.07. The maximum atomic E-state index is 13.8. The van der Waals surface area contributed by atoms with Crippen molar-refractivity contribution >= 4 is 59.1 Å². The number of pyridine rings is 2. The number of ether oxygens (including phenoxy) is 1. The van der Waals surface area contributed by atoms with Crippen LogP contribution in [-0.2, 0) is 10.5 Å². The van der Waals surface area contributed by atoms with E-state index in [2.05, 4.69) is 15.6 Å². The summed E-state index contributed by atoms with van der Waals surface area (Å²) in [6.07, 6.45) is 3.27. The Morgan fingerprint density at radius 2 is 1.65 bits per heavy atom. The third-order valence-corrected chi connectivity index (χ3v) is 7.36. The minimum atomic E-state index is -1.72. The summed E-state index contributed by atoms with van der Waals surface area (Å²) in [5.41, 5.74) is 7.76. The summed E-state index contributed by atoms with van der Waals surface area (Å²) < 4.78 is 6.75. The van der Waals surface area contributed by atoms with Crippen LogP contribution in [0.3, 0.4) is 0 Å². The lowest BCUT2D eigenvalue weighted by Gasteiger charge is -2.34. The molecule has 0 bridgehead atoms. The Morgan fingerprint density at radius 3 is 2.33 bits per heavy atom. The molecule has 0 aliphatic heterocycles. The summed E-state index contributed by atoms with van der Waals surface area (Å²) in [6, 6.07) is 26.5. The number of urea groups is 1. The Bertz CT molecular complexity index is 1840. The van der Waals surface area contributed by atoms with Crippen molar-refractivity contribution in [2.24, 2.45) is 5.73 Å². The average Bonchev–Trinajstić information content (AvgIpc) is 3.06. The smallest absolute Gasteiger partial charge is 0.312 e. The number of ketones is 1. The number of halogens is 2. The number of carbonyl (C=O) groups is 3. The van der Waals surface area contributed by atoms with Gasteiger partial charge in [0.15, 0.2) is 5.75 Å². The topological polar surface area (TPSA) is 140 Å². The molecule has 2 aromatic heterocycles. The van der Waals surface area contributed by atoms with Gasteiger partial charge in [-0.3, -0.25) is 19.9 Å². The molecule has 1 atom stereocenters. The molecule has 12 heteroatoms. The minimum Gasteiger partial charge on any atom is -0.458 e. The maximum absolute atomic E-state index is 13.8. The van der Waals surface area contributed by atoms with Crippen molar-refractivity contribution < 1.29 is 19.1 Å². The molecule has 1 unspecified atom stereocenters. The standard InChI is InChI=1S/C34H32N6O4.2ClH/c1-22-31(44-34(36-2,25-13-5-4-6-14-25)29(41)21-38-33(35)43)30(27-16-7-8-17-28(27)39-22)23-11-9-12-24(19-23)32(42)40(3)26-15-10-18-37-20-26;;/h4-20,36H,21H2,1-3H3,(H3,35,38,43);2*1H. The van der Waals surface area contributed by atoms with Gasteiger partial charge in [-0.25, -0.2) is 9.78 Å². The van der Waals surface area contributed by atoms with Gasteiger partial charge in [-0.15, -0.1) is 24.8 Å². The van der Waals surface area contributed by atoms with Crippen LogP contribution in [-0.4, -0.2) is 48.3 Å². The van der Waals surface area contributed by atoms with E-state index in [1.807, 2.05) is 42.5 Å². The number of carbonyl (C=O) groups excluding carboxylic acids is 3. The zero-order valence-corrected chi connectivity index (χ0v) is 27.0. The van der Waals surface area contributed by atoms with Crippen LogP contribution < -0.4 is 26.0 Å². The fourth-order valence-electron chi connectivity index (χ4n) is 5.13. The van der Waals surface area contributed by atoms with E-state index in [1.165, 1.54) is 4.90 Å². The number of hydrogen-bond donors (Lipinski definition) is 3. The molecule has 0 spiro atoms. The third kappa shape index (κ3) is 7.10. The number of nitrogens with one attached hydrogen (secondary N) is 2. The lowest BCUT2D eigenvalue weighted by molar-refractivity contribution is -0.137. The highest BCUT2D eigenvalue weighted by Gasteiger charge is 2.42. The quantitative estimate of drug-likeness (QED) is 0.170. The molecule has 46 heavy (non-hydrogen) atoms. The second-order valence-electron chi connectivity index (χ2n) is 10.1. The van der Waals surface area contributed by atoms with Crippen LogP contribution in [0.5, 0.6) is 5.75 Å². The first-order valence-electron chi connectivity index (χ1n) is 13.9. The molecule has 4 N–H and O–H groups in total. The van der Waals surface area contributed by atoms with Gasteiger partial charge in [0, 0.05) is 35.3 Å². The number of hydrogen-bond acceptors (Lipinski definition) is 7. The molecule has 2 heterocycles. The third-order valence-electron chi connectivity index (χ3n) is 7.36. The number of amides is 3. The monoisotopic (exact) mass is 660 g/mol. The van der Waals surface area contributed by atoms with Gasteiger partial charge in [0.05, 0.1) is 29.6 Å². The van der Waals surface area contributed by atoms with E-state index in [4.69, 9.17) is 15.5 Å². The van der Waals surface area contributed by atoms with Crippen LogP contribution in [0.4, 0.5) is 10.5 Å².